The van der Waals surface area contributed by atoms with E-state index >= 15 is 0 Å². The van der Waals surface area contributed by atoms with Gasteiger partial charge in [0.05, 0.1) is 17.7 Å². The number of rotatable bonds is 7. The average Bonchev–Trinajstić information content (AvgIpc) is 3.26. The average molecular weight is 475 g/mol. The summed E-state index contributed by atoms with van der Waals surface area (Å²) >= 11 is 1.20. The number of carbonyl (C=O) groups excluding carboxylic acids is 1. The van der Waals surface area contributed by atoms with Crippen LogP contribution >= 0.6 is 11.3 Å². The lowest BCUT2D eigenvalue weighted by molar-refractivity contribution is -0.384. The molecule has 0 unspecified atom stereocenters. The molecule has 1 amide bonds. The third kappa shape index (κ3) is 5.05. The summed E-state index contributed by atoms with van der Waals surface area (Å²) in [5, 5.41) is 17.7. The zero-order valence-corrected chi connectivity index (χ0v) is 19.6. The highest BCUT2D eigenvalue weighted by Crippen LogP contribution is 2.34. The Labute approximate surface area is 200 Å². The van der Waals surface area contributed by atoms with Gasteiger partial charge in [-0.25, -0.2) is 4.98 Å². The lowest BCUT2D eigenvalue weighted by Gasteiger charge is -2.08. The third-order valence-corrected chi connectivity index (χ3v) is 6.26. The molecule has 8 nitrogen and oxygen atoms in total. The molecule has 1 aromatic heterocycles. The molecule has 1 heterocycles. The van der Waals surface area contributed by atoms with E-state index in [1.165, 1.54) is 23.5 Å². The number of aromatic nitrogens is 1. The van der Waals surface area contributed by atoms with Crippen LogP contribution in [0.2, 0.25) is 0 Å². The van der Waals surface area contributed by atoms with Gasteiger partial charge in [-0.3, -0.25) is 14.9 Å². The number of methoxy groups -OCH3 is 1. The molecule has 3 aromatic carbocycles. The van der Waals surface area contributed by atoms with Crippen molar-refractivity contribution in [3.8, 4) is 17.0 Å². The monoisotopic (exact) mass is 474 g/mol. The molecule has 0 saturated carbocycles. The summed E-state index contributed by atoms with van der Waals surface area (Å²) in [6.45, 7) is 3.99. The zero-order chi connectivity index (χ0) is 24.2. The number of carbonyl (C=O) groups is 1. The van der Waals surface area contributed by atoms with Gasteiger partial charge in [0.2, 0.25) is 0 Å². The molecule has 0 bridgehead atoms. The third-order valence-electron chi connectivity index (χ3n) is 5.29. The second kappa shape index (κ2) is 9.72. The van der Waals surface area contributed by atoms with Gasteiger partial charge in [0, 0.05) is 29.1 Å². The van der Waals surface area contributed by atoms with Gasteiger partial charge in [-0.05, 0) is 73.5 Å². The molecule has 9 heteroatoms. The summed E-state index contributed by atoms with van der Waals surface area (Å²) in [7, 11) is 1.60. The number of nitro groups is 1. The summed E-state index contributed by atoms with van der Waals surface area (Å²) < 4.78 is 5.19. The molecular formula is C25H22N4O4S. The highest BCUT2D eigenvalue weighted by Gasteiger charge is 2.21. The predicted octanol–water partition coefficient (Wildman–Crippen LogP) is 6.34. The Bertz CT molecular complexity index is 1350. The summed E-state index contributed by atoms with van der Waals surface area (Å²) in [5.41, 5.74) is 4.68. The minimum atomic E-state index is -0.463. The molecule has 34 heavy (non-hydrogen) atoms. The molecular weight excluding hydrogens is 452 g/mol. The standard InChI is InChI=1S/C25H22N4O4S/c1-15-4-7-19(14-16(15)2)26-24(30)23-22(17-5-10-20(11-6-17)29(31)32)28-25(34-23)27-18-8-12-21(33-3)13-9-18/h4-14H,1-3H3,(H,26,30)(H,27,28). The highest BCUT2D eigenvalue weighted by atomic mass is 32.1. The van der Waals surface area contributed by atoms with Crippen molar-refractivity contribution in [2.45, 2.75) is 13.8 Å². The smallest absolute Gasteiger partial charge is 0.269 e. The van der Waals surface area contributed by atoms with Crippen LogP contribution in [-0.2, 0) is 0 Å². The van der Waals surface area contributed by atoms with E-state index in [-0.39, 0.29) is 11.6 Å². The quantitative estimate of drug-likeness (QED) is 0.239. The van der Waals surface area contributed by atoms with E-state index in [9.17, 15) is 14.9 Å². The molecule has 0 aliphatic rings. The molecule has 4 rings (SSSR count). The minimum absolute atomic E-state index is 0.0308. The predicted molar refractivity (Wildman–Crippen MR) is 134 cm³/mol. The second-order valence-electron chi connectivity index (χ2n) is 7.61. The molecule has 0 radical (unpaired) electrons. The van der Waals surface area contributed by atoms with Crippen LogP contribution < -0.4 is 15.4 Å². The van der Waals surface area contributed by atoms with Gasteiger partial charge in [0.15, 0.2) is 5.13 Å². The van der Waals surface area contributed by atoms with E-state index in [1.807, 2.05) is 56.3 Å². The van der Waals surface area contributed by atoms with Crippen molar-refractivity contribution in [2.75, 3.05) is 17.7 Å². The van der Waals surface area contributed by atoms with Gasteiger partial charge in [-0.2, -0.15) is 0 Å². The van der Waals surface area contributed by atoms with E-state index in [1.54, 1.807) is 19.2 Å². The molecule has 0 aliphatic heterocycles. The number of anilines is 3. The summed E-state index contributed by atoms with van der Waals surface area (Å²) in [6.07, 6.45) is 0. The van der Waals surface area contributed by atoms with Crippen molar-refractivity contribution in [2.24, 2.45) is 0 Å². The Morgan fingerprint density at radius 2 is 1.65 bits per heavy atom. The maximum atomic E-state index is 13.2. The molecule has 0 atom stereocenters. The summed E-state index contributed by atoms with van der Waals surface area (Å²) in [4.78, 5) is 28.8. The Morgan fingerprint density at radius 3 is 2.26 bits per heavy atom. The zero-order valence-electron chi connectivity index (χ0n) is 18.8. The lowest BCUT2D eigenvalue weighted by atomic mass is 10.1. The number of hydrogen-bond donors (Lipinski definition) is 2. The summed E-state index contributed by atoms with van der Waals surface area (Å²) in [5.74, 6) is 0.418. The number of hydrogen-bond acceptors (Lipinski definition) is 7. The van der Waals surface area contributed by atoms with E-state index in [0.717, 1.165) is 22.6 Å². The first-order valence-electron chi connectivity index (χ1n) is 10.4. The van der Waals surface area contributed by atoms with Crippen LogP contribution in [0.3, 0.4) is 0 Å². The Kier molecular flexibility index (Phi) is 6.55. The fourth-order valence-electron chi connectivity index (χ4n) is 3.27. The number of amides is 1. The van der Waals surface area contributed by atoms with Crippen LogP contribution in [0.1, 0.15) is 20.8 Å². The van der Waals surface area contributed by atoms with Crippen LogP contribution in [0, 0.1) is 24.0 Å². The van der Waals surface area contributed by atoms with Crippen LogP contribution in [0.5, 0.6) is 5.75 Å². The molecule has 0 spiro atoms. The number of nitro benzene ring substituents is 1. The van der Waals surface area contributed by atoms with E-state index in [4.69, 9.17) is 4.74 Å². The van der Waals surface area contributed by atoms with Gasteiger partial charge in [0.1, 0.15) is 10.6 Å². The first kappa shape index (κ1) is 22.9. The summed E-state index contributed by atoms with van der Waals surface area (Å²) in [6, 6.07) is 19.0. The highest BCUT2D eigenvalue weighted by molar-refractivity contribution is 7.18. The fraction of sp³-hybridized carbons (Fsp3) is 0.120. The van der Waals surface area contributed by atoms with Crippen LogP contribution in [0.25, 0.3) is 11.3 Å². The molecule has 0 saturated heterocycles. The Morgan fingerprint density at radius 1 is 0.971 bits per heavy atom. The molecule has 172 valence electrons. The van der Waals surface area contributed by atoms with Gasteiger partial charge in [-0.15, -0.1) is 0 Å². The number of benzene rings is 3. The number of thiazole rings is 1. The van der Waals surface area contributed by atoms with E-state index in [2.05, 4.69) is 15.6 Å². The number of aryl methyl sites for hydroxylation is 2. The second-order valence-corrected chi connectivity index (χ2v) is 8.61. The number of nitrogens with zero attached hydrogens (tertiary/aromatic N) is 2. The van der Waals surface area contributed by atoms with Gasteiger partial charge in [0.25, 0.3) is 11.6 Å². The number of nitrogens with one attached hydrogen (secondary N) is 2. The van der Waals surface area contributed by atoms with Crippen molar-refractivity contribution in [1.82, 2.24) is 4.98 Å². The first-order chi connectivity index (χ1) is 16.3. The Balaban J connectivity index is 1.68. The number of non-ortho nitro benzene ring substituents is 1. The van der Waals surface area contributed by atoms with Crippen molar-refractivity contribution in [1.29, 1.82) is 0 Å². The minimum Gasteiger partial charge on any atom is -0.497 e. The maximum Gasteiger partial charge on any atom is 0.269 e. The van der Waals surface area contributed by atoms with Crippen molar-refractivity contribution >= 4 is 39.4 Å². The topological polar surface area (TPSA) is 106 Å². The van der Waals surface area contributed by atoms with Gasteiger partial charge >= 0.3 is 0 Å². The molecule has 4 aromatic rings. The van der Waals surface area contributed by atoms with Crippen molar-refractivity contribution < 1.29 is 14.5 Å². The lowest BCUT2D eigenvalue weighted by Crippen LogP contribution is -2.11. The SMILES string of the molecule is COc1ccc(Nc2nc(-c3ccc([N+](=O)[O-])cc3)c(C(=O)Nc3ccc(C)c(C)c3)s2)cc1. The molecule has 0 fully saturated rings. The molecule has 0 aliphatic carbocycles. The maximum absolute atomic E-state index is 13.2. The van der Waals surface area contributed by atoms with Crippen molar-refractivity contribution in [3.05, 3.63) is 92.8 Å². The van der Waals surface area contributed by atoms with Crippen LogP contribution in [-0.4, -0.2) is 22.9 Å². The van der Waals surface area contributed by atoms with Gasteiger partial charge in [-0.1, -0.05) is 17.4 Å². The first-order valence-corrected chi connectivity index (χ1v) is 11.2. The van der Waals surface area contributed by atoms with E-state index in [0.29, 0.717) is 27.0 Å². The van der Waals surface area contributed by atoms with Gasteiger partial charge < -0.3 is 15.4 Å². The largest absolute Gasteiger partial charge is 0.497 e. The fourth-order valence-corrected chi connectivity index (χ4v) is 4.17. The van der Waals surface area contributed by atoms with Crippen LogP contribution in [0.15, 0.2) is 66.7 Å². The Hall–Kier alpha value is -4.24. The normalized spacial score (nSPS) is 10.6. The van der Waals surface area contributed by atoms with Crippen molar-refractivity contribution in [3.63, 3.8) is 0 Å². The number of ether oxygens (including phenoxy) is 1. The van der Waals surface area contributed by atoms with E-state index < -0.39 is 4.92 Å². The van der Waals surface area contributed by atoms with Crippen LogP contribution in [0.4, 0.5) is 22.2 Å². The molecule has 2 N–H and O–H groups in total.